The van der Waals surface area contributed by atoms with Crippen molar-refractivity contribution < 1.29 is 64.3 Å². The number of likely N-dealkylation sites (N-methyl/N-ethyl adjacent to an activating group) is 1. The molecule has 0 heterocycles. The molecule has 0 unspecified atom stereocenters. The largest absolute Gasteiger partial charge is 1.00 e. The topological polar surface area (TPSA) is 3.24 Å². The molecule has 0 aliphatic carbocycles. The van der Waals surface area contributed by atoms with Crippen molar-refractivity contribution in [2.24, 2.45) is 0 Å². The average molecular weight is 205 g/mol. The van der Waals surface area contributed by atoms with Crippen LogP contribution in [-0.2, 0) is 0 Å². The van der Waals surface area contributed by atoms with Crippen LogP contribution in [0, 0.1) is 0 Å². The molecule has 66 valence electrons. The molecule has 0 aliphatic heterocycles. The van der Waals surface area contributed by atoms with Gasteiger partial charge >= 0.3 is 58.4 Å². The summed E-state index contributed by atoms with van der Waals surface area (Å²) in [5.74, 6) is 0. The van der Waals surface area contributed by atoms with Crippen molar-refractivity contribution in [3.63, 3.8) is 0 Å². The fourth-order valence-corrected chi connectivity index (χ4v) is 0.562. The van der Waals surface area contributed by atoms with Crippen LogP contribution in [0.1, 0.15) is 6.92 Å². The van der Waals surface area contributed by atoms with Gasteiger partial charge in [-0.1, -0.05) is 6.92 Å². The quantitative estimate of drug-likeness (QED) is 0.526. The van der Waals surface area contributed by atoms with Gasteiger partial charge in [-0.2, -0.15) is 0 Å². The van der Waals surface area contributed by atoms with E-state index < -0.39 is 12.4 Å². The van der Waals surface area contributed by atoms with Gasteiger partial charge in [0.25, 0.3) is 0 Å². The molecule has 0 N–H and O–H groups in total. The molecular weight excluding hydrogens is 193 g/mol. The fourth-order valence-electron chi connectivity index (χ4n) is 0.562. The predicted molar refractivity (Wildman–Crippen MR) is 41.4 cm³/mol. The summed E-state index contributed by atoms with van der Waals surface area (Å²) in [4.78, 5) is 1.57. The number of halogens is 3. The van der Waals surface area contributed by atoms with E-state index in [1.807, 2.05) is 0 Å². The summed E-state index contributed by atoms with van der Waals surface area (Å²) in [6.45, 7) is 0.452. The Morgan fingerprint density at radius 2 is 1.83 bits per heavy atom. The number of nitrogens with zero attached hydrogens (tertiary/aromatic N) is 1. The second-order valence-electron chi connectivity index (χ2n) is 2.56. The minimum absolute atomic E-state index is 0. The van der Waals surface area contributed by atoms with E-state index in [4.69, 9.17) is 0 Å². The molecule has 0 amide bonds. The van der Waals surface area contributed by atoms with Crippen LogP contribution >= 0.6 is 0 Å². The average Bonchev–Trinajstić information content (AvgIpc) is 1.85. The molecule has 12 heavy (non-hydrogen) atoms. The summed E-state index contributed by atoms with van der Waals surface area (Å²) in [5.41, 5.74) is -0.630. The summed E-state index contributed by atoms with van der Waals surface area (Å²) in [6.07, 6.45) is 0. The smallest absolute Gasteiger partial charge is 0.445 e. The zero-order valence-electron chi connectivity index (χ0n) is 7.78. The Balaban J connectivity index is 0. The molecule has 0 saturated carbocycles. The molecule has 0 aromatic heterocycles. The summed E-state index contributed by atoms with van der Waals surface area (Å²) >= 11 is 0. The van der Waals surface area contributed by atoms with Crippen LogP contribution in [0.3, 0.4) is 0 Å². The van der Waals surface area contributed by atoms with Crippen LogP contribution < -0.4 is 51.4 Å². The maximum atomic E-state index is 11.9. The SMILES string of the molecule is C=C(CN(C)CC)[B-](F)(F)F.[K+]. The predicted octanol–water partition coefficient (Wildman–Crippen LogP) is -1.12. The Bertz CT molecular complexity index is 148. The molecule has 0 saturated heterocycles. The molecule has 0 aromatic carbocycles. The van der Waals surface area contributed by atoms with E-state index in [2.05, 4.69) is 6.58 Å². The monoisotopic (exact) mass is 205 g/mol. The Hall–Kier alpha value is 1.19. The summed E-state index contributed by atoms with van der Waals surface area (Å²) < 4.78 is 35.6. The second-order valence-corrected chi connectivity index (χ2v) is 2.56. The van der Waals surface area contributed by atoms with Crippen molar-refractivity contribution in [3.05, 3.63) is 12.1 Å². The molecule has 0 rings (SSSR count). The van der Waals surface area contributed by atoms with E-state index in [0.717, 1.165) is 0 Å². The summed E-state index contributed by atoms with van der Waals surface area (Å²) in [7, 11) is 1.63. The van der Waals surface area contributed by atoms with E-state index in [9.17, 15) is 12.9 Å². The summed E-state index contributed by atoms with van der Waals surface area (Å²) in [5, 5.41) is 0. The maximum absolute atomic E-state index is 11.9. The normalized spacial score (nSPS) is 11.2. The van der Waals surface area contributed by atoms with Crippen molar-refractivity contribution in [1.29, 1.82) is 0 Å². The Labute approximate surface area is 114 Å². The molecule has 0 bridgehead atoms. The minimum atomic E-state index is -4.84. The van der Waals surface area contributed by atoms with Crippen LogP contribution in [-0.4, -0.2) is 32.0 Å². The first kappa shape index (κ1) is 15.7. The molecule has 6 heteroatoms. The van der Waals surface area contributed by atoms with Crippen molar-refractivity contribution in [1.82, 2.24) is 4.90 Å². The maximum Gasteiger partial charge on any atom is 1.00 e. The van der Waals surface area contributed by atoms with Gasteiger partial charge in [0.2, 0.25) is 0 Å². The van der Waals surface area contributed by atoms with Crippen LogP contribution in [0.15, 0.2) is 12.1 Å². The van der Waals surface area contributed by atoms with Gasteiger partial charge in [0, 0.05) is 0 Å². The van der Waals surface area contributed by atoms with E-state index in [-0.39, 0.29) is 57.9 Å². The molecule has 0 aromatic rings. The Morgan fingerprint density at radius 1 is 1.42 bits per heavy atom. The second kappa shape index (κ2) is 6.62. The van der Waals surface area contributed by atoms with Gasteiger partial charge in [-0.25, -0.2) is 0 Å². The Morgan fingerprint density at radius 3 is 2.08 bits per heavy atom. The first-order chi connectivity index (χ1) is 4.88. The van der Waals surface area contributed by atoms with Crippen LogP contribution in [0.5, 0.6) is 0 Å². The fraction of sp³-hybridized carbons (Fsp3) is 0.667. The molecule has 0 fully saturated rings. The van der Waals surface area contributed by atoms with Crippen LogP contribution in [0.2, 0.25) is 0 Å². The van der Waals surface area contributed by atoms with Gasteiger partial charge in [0.15, 0.2) is 0 Å². The Kier molecular flexibility index (Phi) is 8.63. The first-order valence-electron chi connectivity index (χ1n) is 3.44. The van der Waals surface area contributed by atoms with Crippen molar-refractivity contribution in [2.45, 2.75) is 6.92 Å². The standard InChI is InChI=1S/C6H12BF3N.K/c1-4-11(3)5-6(2)7(8,9)10;/h2,4-5H2,1,3H3;/q-1;+1. The molecule has 0 aliphatic rings. The van der Waals surface area contributed by atoms with E-state index >= 15 is 0 Å². The third-order valence-corrected chi connectivity index (χ3v) is 1.48. The van der Waals surface area contributed by atoms with Crippen LogP contribution in [0.4, 0.5) is 12.9 Å². The van der Waals surface area contributed by atoms with Gasteiger partial charge in [-0.3, -0.25) is 0 Å². The van der Waals surface area contributed by atoms with Crippen molar-refractivity contribution in [3.8, 4) is 0 Å². The van der Waals surface area contributed by atoms with E-state index in [0.29, 0.717) is 6.54 Å². The third-order valence-electron chi connectivity index (χ3n) is 1.48. The molecular formula is C6H12BF3KN. The molecule has 0 atom stereocenters. The zero-order valence-corrected chi connectivity index (χ0v) is 10.9. The molecule has 1 nitrogen and oxygen atoms in total. The molecule has 0 spiro atoms. The first-order valence-corrected chi connectivity index (χ1v) is 3.44. The van der Waals surface area contributed by atoms with Crippen molar-refractivity contribution in [2.75, 3.05) is 20.1 Å². The van der Waals surface area contributed by atoms with Crippen molar-refractivity contribution >= 4 is 6.98 Å². The van der Waals surface area contributed by atoms with Gasteiger partial charge in [-0.15, -0.1) is 12.1 Å². The van der Waals surface area contributed by atoms with Gasteiger partial charge in [0.05, 0.1) is 0 Å². The van der Waals surface area contributed by atoms with Gasteiger partial charge in [0.1, 0.15) is 0 Å². The van der Waals surface area contributed by atoms with Crippen LogP contribution in [0.25, 0.3) is 0 Å². The third kappa shape index (κ3) is 6.68. The van der Waals surface area contributed by atoms with E-state index in [1.54, 1.807) is 18.9 Å². The number of hydrogen-bond acceptors (Lipinski definition) is 1. The zero-order chi connectivity index (χ0) is 9.07. The van der Waals surface area contributed by atoms with E-state index in [1.165, 1.54) is 0 Å². The molecule has 0 radical (unpaired) electrons. The van der Waals surface area contributed by atoms with Gasteiger partial charge < -0.3 is 17.8 Å². The number of rotatable bonds is 4. The van der Waals surface area contributed by atoms with Gasteiger partial charge in [-0.05, 0) is 20.1 Å². The summed E-state index contributed by atoms with van der Waals surface area (Å²) in [6, 6.07) is 0. The number of hydrogen-bond donors (Lipinski definition) is 0. The minimum Gasteiger partial charge on any atom is -0.445 e.